The Hall–Kier alpha value is -3.82. The Balaban J connectivity index is 2.28. The fraction of sp³-hybridized carbons (Fsp3) is 0.435. The van der Waals surface area contributed by atoms with E-state index in [1.165, 1.54) is 0 Å². The van der Waals surface area contributed by atoms with Crippen LogP contribution in [0.25, 0.3) is 10.9 Å². The van der Waals surface area contributed by atoms with E-state index >= 15 is 0 Å². The number of aliphatic hydroxyl groups excluding tert-OH is 1. The first-order chi connectivity index (χ1) is 18.1. The van der Waals surface area contributed by atoms with Crippen molar-refractivity contribution in [2.24, 2.45) is 22.2 Å². The molecule has 0 radical (unpaired) electrons. The highest BCUT2D eigenvalue weighted by Gasteiger charge is 2.30. The lowest BCUT2D eigenvalue weighted by Crippen LogP contribution is -2.58. The first-order valence-corrected chi connectivity index (χ1v) is 12.4. The van der Waals surface area contributed by atoms with Crippen molar-refractivity contribution in [3.63, 3.8) is 0 Å². The average molecular weight is 551 g/mol. The van der Waals surface area contributed by atoms with E-state index in [1.807, 2.05) is 24.3 Å². The Labute approximate surface area is 224 Å². The number of carboxylic acid groups (broad SMARTS) is 1. The van der Waals surface area contributed by atoms with E-state index in [4.69, 9.17) is 17.2 Å². The van der Waals surface area contributed by atoms with Gasteiger partial charge in [0.05, 0.1) is 6.61 Å². The molecule has 0 saturated carbocycles. The van der Waals surface area contributed by atoms with Crippen molar-refractivity contribution >= 4 is 53.2 Å². The van der Waals surface area contributed by atoms with E-state index in [9.17, 15) is 29.4 Å². The molecule has 1 aromatic heterocycles. The maximum absolute atomic E-state index is 13.4. The Morgan fingerprint density at radius 3 is 2.26 bits per heavy atom. The number of H-pyrrole nitrogens is 1. The number of fused-ring (bicyclic) bond motifs is 1. The zero-order chi connectivity index (χ0) is 28.2. The number of aromatic nitrogens is 1. The molecule has 0 saturated heterocycles. The third-order valence-corrected chi connectivity index (χ3v) is 6.01. The van der Waals surface area contributed by atoms with Gasteiger partial charge in [-0.15, -0.1) is 0 Å². The van der Waals surface area contributed by atoms with Crippen LogP contribution in [0, 0.1) is 0 Å². The van der Waals surface area contributed by atoms with Crippen molar-refractivity contribution in [3.8, 4) is 0 Å². The van der Waals surface area contributed by atoms with Gasteiger partial charge in [-0.1, -0.05) is 18.2 Å². The predicted octanol–water partition coefficient (Wildman–Crippen LogP) is -2.45. The molecule has 2 rings (SSSR count). The molecule has 4 atom stereocenters. The predicted molar refractivity (Wildman–Crippen MR) is 144 cm³/mol. The van der Waals surface area contributed by atoms with Crippen molar-refractivity contribution in [1.29, 1.82) is 0 Å². The van der Waals surface area contributed by atoms with E-state index in [2.05, 4.69) is 38.6 Å². The molecule has 3 amide bonds. The molecule has 1 heterocycles. The summed E-state index contributed by atoms with van der Waals surface area (Å²) in [5.74, 6) is -3.84. The minimum Gasteiger partial charge on any atom is -0.480 e. The molecule has 4 unspecified atom stereocenters. The smallest absolute Gasteiger partial charge is 0.327 e. The molecule has 0 bridgehead atoms. The maximum atomic E-state index is 13.4. The number of aliphatic hydroxyl groups is 1. The Kier molecular flexibility index (Phi) is 11.8. The standard InChI is InChI=1S/C23H34N8O6S/c24-14(10-32)19(33)30-17(8-12-9-28-15-5-2-1-4-13(12)15)21(35)29-16(6-3-7-27-23(25)26)20(34)31-18(11-38)22(36)37/h1-2,4-5,9,14,16-18,28,32,38H,3,6-8,10-11,24H2,(H,29,35)(H,30,33)(H,31,34)(H,36,37)(H4,25,26,27). The molecule has 0 fully saturated rings. The number of amides is 3. The number of carbonyl (C=O) groups excluding carboxylic acids is 3. The number of aromatic amines is 1. The van der Waals surface area contributed by atoms with Crippen LogP contribution in [0.4, 0.5) is 0 Å². The van der Waals surface area contributed by atoms with E-state index < -0.39 is 54.5 Å². The summed E-state index contributed by atoms with van der Waals surface area (Å²) in [5.41, 5.74) is 17.8. The number of hydrogen-bond donors (Lipinski definition) is 10. The van der Waals surface area contributed by atoms with Crippen LogP contribution in [-0.2, 0) is 25.6 Å². The van der Waals surface area contributed by atoms with Crippen LogP contribution >= 0.6 is 12.6 Å². The zero-order valence-corrected chi connectivity index (χ0v) is 21.5. The Bertz CT molecular complexity index is 1150. The van der Waals surface area contributed by atoms with Gasteiger partial charge in [0, 0.05) is 35.8 Å². The van der Waals surface area contributed by atoms with Gasteiger partial charge >= 0.3 is 5.97 Å². The number of guanidine groups is 1. The largest absolute Gasteiger partial charge is 0.480 e. The molecule has 0 aliphatic heterocycles. The molecule has 14 nitrogen and oxygen atoms in total. The fourth-order valence-electron chi connectivity index (χ4n) is 3.59. The molecule has 38 heavy (non-hydrogen) atoms. The van der Waals surface area contributed by atoms with Crippen LogP contribution < -0.4 is 33.2 Å². The topological polar surface area (TPSA) is 251 Å². The van der Waals surface area contributed by atoms with Crippen molar-refractivity contribution in [1.82, 2.24) is 20.9 Å². The third kappa shape index (κ3) is 8.93. The van der Waals surface area contributed by atoms with Crippen LogP contribution in [-0.4, -0.2) is 87.9 Å². The monoisotopic (exact) mass is 550 g/mol. The molecule has 0 spiro atoms. The summed E-state index contributed by atoms with van der Waals surface area (Å²) in [6.07, 6.45) is 2.09. The zero-order valence-electron chi connectivity index (χ0n) is 20.6. The van der Waals surface area contributed by atoms with E-state index in [0.29, 0.717) is 5.56 Å². The molecule has 0 aliphatic carbocycles. The van der Waals surface area contributed by atoms with Gasteiger partial charge in [0.1, 0.15) is 24.2 Å². The summed E-state index contributed by atoms with van der Waals surface area (Å²) in [7, 11) is 0. The van der Waals surface area contributed by atoms with Crippen molar-refractivity contribution in [2.45, 2.75) is 43.4 Å². The van der Waals surface area contributed by atoms with Gasteiger partial charge in [-0.3, -0.25) is 19.4 Å². The highest BCUT2D eigenvalue weighted by Crippen LogP contribution is 2.19. The molecular weight excluding hydrogens is 516 g/mol. The van der Waals surface area contributed by atoms with Crippen molar-refractivity contribution in [3.05, 3.63) is 36.0 Å². The minimum atomic E-state index is -1.29. The van der Waals surface area contributed by atoms with Gasteiger partial charge in [-0.2, -0.15) is 12.6 Å². The molecule has 15 heteroatoms. The summed E-state index contributed by atoms with van der Waals surface area (Å²) in [6.45, 7) is -0.471. The fourth-order valence-corrected chi connectivity index (χ4v) is 3.84. The van der Waals surface area contributed by atoms with E-state index in [1.54, 1.807) is 6.20 Å². The third-order valence-electron chi connectivity index (χ3n) is 5.64. The number of rotatable bonds is 15. The van der Waals surface area contributed by atoms with Crippen LogP contribution in [0.3, 0.4) is 0 Å². The van der Waals surface area contributed by atoms with Crippen molar-refractivity contribution in [2.75, 3.05) is 18.9 Å². The normalized spacial score (nSPS) is 14.1. The number of nitrogens with zero attached hydrogens (tertiary/aromatic N) is 1. The number of aliphatic carboxylic acids is 1. The molecule has 0 aliphatic rings. The lowest BCUT2D eigenvalue weighted by molar-refractivity contribution is -0.141. The molecule has 12 N–H and O–H groups in total. The van der Waals surface area contributed by atoms with Crippen molar-refractivity contribution < 1.29 is 29.4 Å². The Morgan fingerprint density at radius 1 is 1.00 bits per heavy atom. The second-order valence-electron chi connectivity index (χ2n) is 8.51. The number of nitrogens with one attached hydrogen (secondary N) is 4. The molecular formula is C23H34N8O6S. The quantitative estimate of drug-likeness (QED) is 0.0488. The molecule has 2 aromatic rings. The van der Waals surface area contributed by atoms with E-state index in [-0.39, 0.29) is 37.5 Å². The number of thiol groups is 1. The van der Waals surface area contributed by atoms with Gasteiger partial charge in [-0.05, 0) is 24.5 Å². The van der Waals surface area contributed by atoms with Gasteiger partial charge in [0.2, 0.25) is 17.7 Å². The van der Waals surface area contributed by atoms with Crippen LogP contribution in [0.2, 0.25) is 0 Å². The van der Waals surface area contributed by atoms with Gasteiger partial charge < -0.3 is 48.3 Å². The van der Waals surface area contributed by atoms with E-state index in [0.717, 1.165) is 10.9 Å². The summed E-state index contributed by atoms with van der Waals surface area (Å²) in [4.78, 5) is 57.1. The lowest BCUT2D eigenvalue weighted by atomic mass is 10.0. The average Bonchev–Trinajstić information content (AvgIpc) is 3.30. The number of hydrogen-bond acceptors (Lipinski definition) is 8. The first kappa shape index (κ1) is 30.4. The maximum Gasteiger partial charge on any atom is 0.327 e. The number of aliphatic imine (C=N–C) groups is 1. The van der Waals surface area contributed by atoms with Gasteiger partial charge in [-0.25, -0.2) is 4.79 Å². The summed E-state index contributed by atoms with van der Waals surface area (Å²) in [6, 6.07) is 2.47. The lowest BCUT2D eigenvalue weighted by Gasteiger charge is -2.25. The first-order valence-electron chi connectivity index (χ1n) is 11.8. The highest BCUT2D eigenvalue weighted by atomic mass is 32.1. The van der Waals surface area contributed by atoms with Crippen LogP contribution in [0.5, 0.6) is 0 Å². The van der Waals surface area contributed by atoms with Gasteiger partial charge in [0.25, 0.3) is 0 Å². The Morgan fingerprint density at radius 2 is 1.63 bits per heavy atom. The number of carboxylic acids is 1. The SMILES string of the molecule is NC(N)=NCCCC(NC(=O)C(Cc1c[nH]c2ccccc12)NC(=O)C(N)CO)C(=O)NC(CS)C(=O)O. The molecule has 1 aromatic carbocycles. The second-order valence-corrected chi connectivity index (χ2v) is 8.87. The number of para-hydroxylation sites is 1. The summed E-state index contributed by atoms with van der Waals surface area (Å²) in [5, 5.41) is 26.8. The number of nitrogens with two attached hydrogens (primary N) is 3. The summed E-state index contributed by atoms with van der Waals surface area (Å²) < 4.78 is 0. The van der Waals surface area contributed by atoms with Gasteiger partial charge in [0.15, 0.2) is 5.96 Å². The second kappa shape index (κ2) is 14.8. The molecule has 208 valence electrons. The summed E-state index contributed by atoms with van der Waals surface area (Å²) >= 11 is 3.94. The van der Waals surface area contributed by atoms with Crippen LogP contribution in [0.1, 0.15) is 18.4 Å². The number of benzene rings is 1. The van der Waals surface area contributed by atoms with Crippen LogP contribution in [0.15, 0.2) is 35.5 Å². The minimum absolute atomic E-state index is 0.0382. The highest BCUT2D eigenvalue weighted by molar-refractivity contribution is 7.80. The number of carbonyl (C=O) groups is 4.